The predicted octanol–water partition coefficient (Wildman–Crippen LogP) is 4.95. The zero-order chi connectivity index (χ0) is 16.6. The van der Waals surface area contributed by atoms with Gasteiger partial charge in [0, 0.05) is 17.1 Å². The molecule has 0 bridgehead atoms. The van der Waals surface area contributed by atoms with Gasteiger partial charge in [0.05, 0.1) is 16.8 Å². The van der Waals surface area contributed by atoms with Crippen LogP contribution in [-0.2, 0) is 6.18 Å². The number of hydrogen-bond acceptors (Lipinski definition) is 2. The van der Waals surface area contributed by atoms with Gasteiger partial charge in [-0.3, -0.25) is 4.99 Å². The minimum atomic E-state index is -4.41. The van der Waals surface area contributed by atoms with Crippen LogP contribution in [0, 0.1) is 6.92 Å². The summed E-state index contributed by atoms with van der Waals surface area (Å²) >= 11 is 0. The molecule has 6 heteroatoms. The molecule has 0 radical (unpaired) electrons. The minimum Gasteiger partial charge on any atom is -0.494 e. The normalized spacial score (nSPS) is 12.3. The van der Waals surface area contributed by atoms with Crippen LogP contribution in [0.5, 0.6) is 5.88 Å². The highest BCUT2D eigenvalue weighted by atomic mass is 19.4. The van der Waals surface area contributed by atoms with Gasteiger partial charge in [0.1, 0.15) is 0 Å². The Morgan fingerprint density at radius 3 is 2.65 bits per heavy atom. The van der Waals surface area contributed by atoms with Gasteiger partial charge in [-0.05, 0) is 36.8 Å². The van der Waals surface area contributed by atoms with Crippen molar-refractivity contribution in [1.29, 1.82) is 0 Å². The average molecular weight is 318 g/mol. The van der Waals surface area contributed by atoms with Gasteiger partial charge in [-0.15, -0.1) is 0 Å². The highest BCUT2D eigenvalue weighted by Crippen LogP contribution is 2.32. The smallest absolute Gasteiger partial charge is 0.416 e. The van der Waals surface area contributed by atoms with E-state index in [0.717, 1.165) is 28.6 Å². The second kappa shape index (κ2) is 5.46. The van der Waals surface area contributed by atoms with E-state index in [1.807, 2.05) is 25.1 Å². The molecule has 0 spiro atoms. The fourth-order valence-corrected chi connectivity index (χ4v) is 2.35. The Bertz CT molecular complexity index is 894. The van der Waals surface area contributed by atoms with Crippen LogP contribution < -0.4 is 0 Å². The molecule has 0 unspecified atom stereocenters. The molecule has 0 fully saturated rings. The lowest BCUT2D eigenvalue weighted by Gasteiger charge is -2.06. The van der Waals surface area contributed by atoms with E-state index in [-0.39, 0.29) is 11.6 Å². The third-order valence-corrected chi connectivity index (χ3v) is 3.49. The number of fused-ring (bicyclic) bond motifs is 1. The molecule has 0 saturated carbocycles. The Morgan fingerprint density at radius 1 is 1.13 bits per heavy atom. The van der Waals surface area contributed by atoms with Crippen LogP contribution >= 0.6 is 0 Å². The third kappa shape index (κ3) is 3.06. The molecule has 0 atom stereocenters. The summed E-state index contributed by atoms with van der Waals surface area (Å²) in [6, 6.07) is 10.3. The van der Waals surface area contributed by atoms with E-state index in [4.69, 9.17) is 0 Å². The summed E-state index contributed by atoms with van der Waals surface area (Å²) in [5.74, 6) is -0.0682. The molecule has 1 aromatic heterocycles. The molecule has 3 rings (SSSR count). The molecule has 23 heavy (non-hydrogen) atoms. The number of benzene rings is 2. The first-order chi connectivity index (χ1) is 10.8. The van der Waals surface area contributed by atoms with E-state index < -0.39 is 11.7 Å². The number of aliphatic imine (C=N–C) groups is 1. The summed E-state index contributed by atoms with van der Waals surface area (Å²) in [5, 5.41) is 10.7. The number of aromatic nitrogens is 1. The van der Waals surface area contributed by atoms with E-state index in [9.17, 15) is 18.3 Å². The van der Waals surface area contributed by atoms with Gasteiger partial charge < -0.3 is 10.1 Å². The van der Waals surface area contributed by atoms with Gasteiger partial charge in [-0.2, -0.15) is 13.2 Å². The van der Waals surface area contributed by atoms with Crippen LogP contribution in [0.4, 0.5) is 18.9 Å². The molecular weight excluding hydrogens is 305 g/mol. The fraction of sp³-hybridized carbons (Fsp3) is 0.118. The van der Waals surface area contributed by atoms with Crippen molar-refractivity contribution < 1.29 is 18.3 Å². The first kappa shape index (κ1) is 15.1. The Labute approximate surface area is 130 Å². The summed E-state index contributed by atoms with van der Waals surface area (Å²) in [6.07, 6.45) is -3.05. The summed E-state index contributed by atoms with van der Waals surface area (Å²) < 4.78 is 38.1. The van der Waals surface area contributed by atoms with Crippen molar-refractivity contribution in [2.24, 2.45) is 4.99 Å². The topological polar surface area (TPSA) is 48.4 Å². The predicted molar refractivity (Wildman–Crippen MR) is 83.4 cm³/mol. The van der Waals surface area contributed by atoms with Gasteiger partial charge in [0.25, 0.3) is 0 Å². The van der Waals surface area contributed by atoms with Crippen LogP contribution in [0.3, 0.4) is 0 Å². The van der Waals surface area contributed by atoms with Crippen molar-refractivity contribution in [3.05, 3.63) is 59.2 Å². The Kier molecular flexibility index (Phi) is 3.60. The van der Waals surface area contributed by atoms with Crippen LogP contribution in [-0.4, -0.2) is 16.3 Å². The zero-order valence-electron chi connectivity index (χ0n) is 12.1. The van der Waals surface area contributed by atoms with Crippen molar-refractivity contribution in [3.63, 3.8) is 0 Å². The second-order valence-corrected chi connectivity index (χ2v) is 5.24. The van der Waals surface area contributed by atoms with Crippen molar-refractivity contribution in [2.45, 2.75) is 13.1 Å². The van der Waals surface area contributed by atoms with E-state index in [1.165, 1.54) is 18.3 Å². The first-order valence-corrected chi connectivity index (χ1v) is 6.87. The maximum absolute atomic E-state index is 12.7. The van der Waals surface area contributed by atoms with Gasteiger partial charge >= 0.3 is 6.18 Å². The number of H-pyrrole nitrogens is 1. The molecule has 1 heterocycles. The summed E-state index contributed by atoms with van der Waals surface area (Å²) in [6.45, 7) is 1.92. The summed E-state index contributed by atoms with van der Waals surface area (Å²) in [7, 11) is 0. The largest absolute Gasteiger partial charge is 0.494 e. The number of nitrogens with one attached hydrogen (secondary N) is 1. The van der Waals surface area contributed by atoms with Gasteiger partial charge in [0.2, 0.25) is 0 Å². The molecule has 0 amide bonds. The fourth-order valence-electron chi connectivity index (χ4n) is 2.35. The van der Waals surface area contributed by atoms with E-state index in [2.05, 4.69) is 9.98 Å². The number of aryl methyl sites for hydroxylation is 1. The maximum atomic E-state index is 12.7. The third-order valence-electron chi connectivity index (χ3n) is 3.49. The van der Waals surface area contributed by atoms with Gasteiger partial charge in [-0.25, -0.2) is 0 Å². The van der Waals surface area contributed by atoms with Gasteiger partial charge in [-0.1, -0.05) is 18.2 Å². The number of aromatic amines is 1. The molecule has 0 aliphatic rings. The van der Waals surface area contributed by atoms with Crippen LogP contribution in [0.25, 0.3) is 10.9 Å². The molecule has 2 N–H and O–H groups in total. The lowest BCUT2D eigenvalue weighted by molar-refractivity contribution is -0.137. The number of halogens is 3. The molecule has 118 valence electrons. The number of alkyl halides is 3. The lowest BCUT2D eigenvalue weighted by Crippen LogP contribution is -2.03. The molecule has 2 aromatic carbocycles. The second-order valence-electron chi connectivity index (χ2n) is 5.24. The Morgan fingerprint density at radius 2 is 1.91 bits per heavy atom. The van der Waals surface area contributed by atoms with E-state index in [0.29, 0.717) is 5.56 Å². The Hall–Kier alpha value is -2.76. The number of nitrogens with zero attached hydrogens (tertiary/aromatic N) is 1. The summed E-state index contributed by atoms with van der Waals surface area (Å²) in [5.41, 5.74) is 1.62. The lowest BCUT2D eigenvalue weighted by atomic mass is 10.1. The SMILES string of the molecule is Cc1ccc2c(C=Nc3cccc(C(F)(F)F)c3)c(O)[nH]c2c1. The number of hydrogen-bond donors (Lipinski definition) is 2. The monoisotopic (exact) mass is 318 g/mol. The van der Waals surface area contributed by atoms with Crippen LogP contribution in [0.2, 0.25) is 0 Å². The maximum Gasteiger partial charge on any atom is 0.416 e. The Balaban J connectivity index is 1.99. The molecule has 0 aliphatic heterocycles. The van der Waals surface area contributed by atoms with Gasteiger partial charge in [0.15, 0.2) is 5.88 Å². The molecule has 3 nitrogen and oxygen atoms in total. The molecule has 3 aromatic rings. The van der Waals surface area contributed by atoms with Crippen molar-refractivity contribution in [2.75, 3.05) is 0 Å². The highest BCUT2D eigenvalue weighted by Gasteiger charge is 2.30. The van der Waals surface area contributed by atoms with E-state index >= 15 is 0 Å². The van der Waals surface area contributed by atoms with Crippen molar-refractivity contribution in [1.82, 2.24) is 4.98 Å². The van der Waals surface area contributed by atoms with Crippen LogP contribution in [0.15, 0.2) is 47.5 Å². The number of aromatic hydroxyl groups is 1. The quantitative estimate of drug-likeness (QED) is 0.645. The molecular formula is C17H13F3N2O. The minimum absolute atomic E-state index is 0.0682. The first-order valence-electron chi connectivity index (χ1n) is 6.87. The standard InChI is InChI=1S/C17H13F3N2O/c1-10-5-6-13-14(16(23)22-15(13)7-10)9-21-12-4-2-3-11(8-12)17(18,19)20/h2-9,22-23H,1H3. The molecule has 0 aliphatic carbocycles. The summed E-state index contributed by atoms with van der Waals surface area (Å²) in [4.78, 5) is 6.88. The molecule has 0 saturated heterocycles. The zero-order valence-corrected chi connectivity index (χ0v) is 12.1. The van der Waals surface area contributed by atoms with Crippen LogP contribution in [0.1, 0.15) is 16.7 Å². The van der Waals surface area contributed by atoms with E-state index in [1.54, 1.807) is 0 Å². The van der Waals surface area contributed by atoms with Crippen molar-refractivity contribution in [3.8, 4) is 5.88 Å². The highest BCUT2D eigenvalue weighted by molar-refractivity contribution is 6.02. The average Bonchev–Trinajstić information content (AvgIpc) is 2.79. The number of rotatable bonds is 2. The van der Waals surface area contributed by atoms with Crippen molar-refractivity contribution >= 4 is 22.8 Å².